The van der Waals surface area contributed by atoms with E-state index in [0.717, 1.165) is 6.42 Å². The lowest BCUT2D eigenvalue weighted by molar-refractivity contribution is -0.131. The lowest BCUT2D eigenvalue weighted by Crippen LogP contribution is -2.52. The normalized spacial score (nSPS) is 16.6. The van der Waals surface area contributed by atoms with Gasteiger partial charge in [-0.25, -0.2) is 19.6 Å². The van der Waals surface area contributed by atoms with Gasteiger partial charge in [0.05, 0.1) is 30.7 Å². The molecule has 13 nitrogen and oxygen atoms in total. The van der Waals surface area contributed by atoms with Crippen LogP contribution in [0, 0.1) is 17.2 Å². The van der Waals surface area contributed by atoms with Crippen LogP contribution in [0.1, 0.15) is 32.6 Å². The number of fused-ring (bicyclic) bond motifs is 1. The fourth-order valence-corrected chi connectivity index (χ4v) is 4.88. The van der Waals surface area contributed by atoms with Crippen molar-refractivity contribution < 1.29 is 23.9 Å². The first-order valence-corrected chi connectivity index (χ1v) is 13.4. The van der Waals surface area contributed by atoms with Crippen molar-refractivity contribution in [1.29, 1.82) is 5.26 Å². The molecule has 41 heavy (non-hydrogen) atoms. The van der Waals surface area contributed by atoms with E-state index in [1.165, 1.54) is 10.9 Å². The van der Waals surface area contributed by atoms with Gasteiger partial charge in [-0.1, -0.05) is 6.92 Å². The number of nitrogens with one attached hydrogen (secondary N) is 1. The van der Waals surface area contributed by atoms with E-state index in [9.17, 15) is 14.4 Å². The van der Waals surface area contributed by atoms with Crippen molar-refractivity contribution in [3.8, 4) is 11.8 Å². The van der Waals surface area contributed by atoms with Crippen LogP contribution in [0.2, 0.25) is 0 Å². The standard InChI is InChI=1S/C28H34N8O5/c1-19-10-13-35(24(37)9-12-29)17-23(19)34(2)25-22-11-14-36(26(22)32-18-31-25)28(39)33-20-5-7-21(8-6-20)40-15-3-4-16-41-27(30)38/h5-8,11,14,18-19,23H,3-4,9-10,13,15-17H2,1-2H3,(H2,30,38)(H,33,39)/t19-,23+/m1/s1. The Hall–Kier alpha value is -4.86. The van der Waals surface area contributed by atoms with Crippen LogP contribution in [0.4, 0.5) is 21.1 Å². The van der Waals surface area contributed by atoms with E-state index in [4.69, 9.17) is 15.7 Å². The predicted octanol–water partition coefficient (Wildman–Crippen LogP) is 3.35. The molecule has 0 radical (unpaired) electrons. The van der Waals surface area contributed by atoms with Gasteiger partial charge in [-0.05, 0) is 55.5 Å². The Labute approximate surface area is 237 Å². The molecule has 2 aromatic heterocycles. The Morgan fingerprint density at radius 1 is 1.17 bits per heavy atom. The minimum atomic E-state index is -0.787. The summed E-state index contributed by atoms with van der Waals surface area (Å²) in [6.45, 7) is 3.97. The number of nitrogens with zero attached hydrogens (tertiary/aromatic N) is 6. The monoisotopic (exact) mass is 562 g/mol. The molecule has 0 aliphatic carbocycles. The number of hydrogen-bond acceptors (Lipinski definition) is 9. The molecule has 2 atom stereocenters. The molecule has 0 unspecified atom stereocenters. The van der Waals surface area contributed by atoms with E-state index in [1.54, 1.807) is 41.4 Å². The zero-order chi connectivity index (χ0) is 29.4. The molecule has 0 saturated carbocycles. The van der Waals surface area contributed by atoms with E-state index in [2.05, 4.69) is 26.9 Å². The average Bonchev–Trinajstić information content (AvgIpc) is 3.40. The number of likely N-dealkylation sites (tertiary alicyclic amines) is 1. The molecule has 1 aromatic carbocycles. The number of rotatable bonds is 10. The highest BCUT2D eigenvalue weighted by atomic mass is 16.5. The van der Waals surface area contributed by atoms with Gasteiger partial charge in [-0.15, -0.1) is 0 Å². The average molecular weight is 563 g/mol. The van der Waals surface area contributed by atoms with Gasteiger partial charge in [0.1, 0.15) is 24.3 Å². The molecular weight excluding hydrogens is 528 g/mol. The van der Waals surface area contributed by atoms with Crippen molar-refractivity contribution in [1.82, 2.24) is 19.4 Å². The molecule has 3 aromatic rings. The third-order valence-corrected chi connectivity index (χ3v) is 7.17. The summed E-state index contributed by atoms with van der Waals surface area (Å²) in [6, 6.07) is 10.4. The molecule has 216 valence electrons. The number of benzene rings is 1. The number of aromatic nitrogens is 3. The van der Waals surface area contributed by atoms with Crippen molar-refractivity contribution >= 4 is 40.6 Å². The van der Waals surface area contributed by atoms with Gasteiger partial charge in [0.25, 0.3) is 0 Å². The SMILES string of the molecule is C[C@@H]1CCN(C(=O)CC#N)C[C@@H]1N(C)c1ncnc2c1ccn2C(=O)Nc1ccc(OCCCCOC(N)=O)cc1. The number of primary amides is 1. The highest BCUT2D eigenvalue weighted by molar-refractivity contribution is 5.99. The molecule has 1 aliphatic heterocycles. The summed E-state index contributed by atoms with van der Waals surface area (Å²) in [7, 11) is 1.93. The third-order valence-electron chi connectivity index (χ3n) is 7.17. The summed E-state index contributed by atoms with van der Waals surface area (Å²) in [4.78, 5) is 48.7. The van der Waals surface area contributed by atoms with Gasteiger partial charge in [-0.2, -0.15) is 5.26 Å². The summed E-state index contributed by atoms with van der Waals surface area (Å²) in [5, 5.41) is 12.5. The number of nitriles is 1. The smallest absolute Gasteiger partial charge is 0.404 e. The number of hydrogen-bond donors (Lipinski definition) is 2. The van der Waals surface area contributed by atoms with E-state index >= 15 is 0 Å². The number of nitrogens with two attached hydrogens (primary N) is 1. The Bertz CT molecular complexity index is 1420. The number of carbonyl (C=O) groups is 3. The van der Waals surface area contributed by atoms with Gasteiger partial charge < -0.3 is 30.3 Å². The van der Waals surface area contributed by atoms with Crippen molar-refractivity contribution in [2.45, 2.75) is 38.6 Å². The van der Waals surface area contributed by atoms with E-state index < -0.39 is 6.09 Å². The van der Waals surface area contributed by atoms with Crippen LogP contribution in [-0.4, -0.2) is 76.9 Å². The summed E-state index contributed by atoms with van der Waals surface area (Å²) < 4.78 is 11.8. The molecule has 4 rings (SSSR count). The number of carbonyl (C=O) groups excluding carboxylic acids is 3. The second kappa shape index (κ2) is 13.5. The van der Waals surface area contributed by atoms with Gasteiger partial charge in [0.15, 0.2) is 5.65 Å². The lowest BCUT2D eigenvalue weighted by Gasteiger charge is -2.42. The van der Waals surface area contributed by atoms with Crippen molar-refractivity contribution in [2.75, 3.05) is 43.6 Å². The van der Waals surface area contributed by atoms with Crippen LogP contribution in [0.15, 0.2) is 42.9 Å². The quantitative estimate of drug-likeness (QED) is 0.352. The highest BCUT2D eigenvalue weighted by Crippen LogP contribution is 2.30. The van der Waals surface area contributed by atoms with Gasteiger partial charge in [0.2, 0.25) is 5.91 Å². The fourth-order valence-electron chi connectivity index (χ4n) is 4.88. The number of ether oxygens (including phenoxy) is 2. The van der Waals surface area contributed by atoms with Crippen LogP contribution < -0.4 is 20.7 Å². The first-order valence-electron chi connectivity index (χ1n) is 13.4. The summed E-state index contributed by atoms with van der Waals surface area (Å²) in [6.07, 6.45) is 4.32. The molecule has 3 heterocycles. The third kappa shape index (κ3) is 7.21. The Balaban J connectivity index is 1.39. The zero-order valence-corrected chi connectivity index (χ0v) is 23.2. The number of unbranched alkanes of at least 4 members (excludes halogenated alkanes) is 1. The molecule has 1 fully saturated rings. The Kier molecular flexibility index (Phi) is 9.57. The largest absolute Gasteiger partial charge is 0.494 e. The summed E-state index contributed by atoms with van der Waals surface area (Å²) >= 11 is 0. The molecule has 3 N–H and O–H groups in total. The maximum absolute atomic E-state index is 13.1. The number of anilines is 2. The van der Waals surface area contributed by atoms with E-state index in [1.807, 2.05) is 18.0 Å². The maximum atomic E-state index is 13.1. The maximum Gasteiger partial charge on any atom is 0.404 e. The number of piperidine rings is 1. The van der Waals surface area contributed by atoms with Crippen molar-refractivity contribution in [2.24, 2.45) is 11.7 Å². The Morgan fingerprint density at radius 2 is 1.93 bits per heavy atom. The lowest BCUT2D eigenvalue weighted by atomic mass is 9.92. The van der Waals surface area contributed by atoms with Crippen LogP contribution >= 0.6 is 0 Å². The first-order chi connectivity index (χ1) is 19.8. The molecular formula is C28H34N8O5. The van der Waals surface area contributed by atoms with Gasteiger partial charge in [0, 0.05) is 32.0 Å². The van der Waals surface area contributed by atoms with Crippen molar-refractivity contribution in [3.63, 3.8) is 0 Å². The second-order valence-electron chi connectivity index (χ2n) is 9.92. The topological polar surface area (TPSA) is 169 Å². The molecule has 1 aliphatic rings. The summed E-state index contributed by atoms with van der Waals surface area (Å²) in [5.41, 5.74) is 5.97. The van der Waals surface area contributed by atoms with Crippen LogP contribution in [-0.2, 0) is 9.53 Å². The molecule has 0 bridgehead atoms. The highest BCUT2D eigenvalue weighted by Gasteiger charge is 2.33. The van der Waals surface area contributed by atoms with Crippen LogP contribution in [0.5, 0.6) is 5.75 Å². The van der Waals surface area contributed by atoms with E-state index in [0.29, 0.717) is 66.7 Å². The minimum absolute atomic E-state index is 0.00845. The van der Waals surface area contributed by atoms with Gasteiger partial charge in [-0.3, -0.25) is 9.36 Å². The summed E-state index contributed by atoms with van der Waals surface area (Å²) in [5.74, 6) is 1.44. The molecule has 13 heteroatoms. The second-order valence-corrected chi connectivity index (χ2v) is 9.92. The Morgan fingerprint density at radius 3 is 2.66 bits per heavy atom. The van der Waals surface area contributed by atoms with Crippen LogP contribution in [0.3, 0.4) is 0 Å². The molecule has 3 amide bonds. The first kappa shape index (κ1) is 29.1. The zero-order valence-electron chi connectivity index (χ0n) is 23.2. The van der Waals surface area contributed by atoms with Crippen molar-refractivity contribution in [3.05, 3.63) is 42.9 Å². The fraction of sp³-hybridized carbons (Fsp3) is 0.429. The van der Waals surface area contributed by atoms with E-state index in [-0.39, 0.29) is 31.0 Å². The molecule has 0 spiro atoms. The molecule has 1 saturated heterocycles. The number of amides is 3. The number of likely N-dealkylation sites (N-methyl/N-ethyl adjacent to an activating group) is 1. The van der Waals surface area contributed by atoms with Crippen LogP contribution in [0.25, 0.3) is 11.0 Å². The minimum Gasteiger partial charge on any atom is -0.494 e. The van der Waals surface area contributed by atoms with Gasteiger partial charge >= 0.3 is 12.1 Å². The predicted molar refractivity (Wildman–Crippen MR) is 151 cm³/mol.